The zero-order valence-corrected chi connectivity index (χ0v) is 19.9. The van der Waals surface area contributed by atoms with Gasteiger partial charge in [0, 0.05) is 63.6 Å². The summed E-state index contributed by atoms with van der Waals surface area (Å²) in [6.45, 7) is 2.04. The molecular weight excluding hydrogens is 394 g/mol. The van der Waals surface area contributed by atoms with Crippen molar-refractivity contribution in [2.75, 3.05) is 49.9 Å². The highest BCUT2D eigenvalue weighted by Crippen LogP contribution is 2.30. The molecule has 1 aromatic heterocycles. The first-order valence-electron chi connectivity index (χ1n) is 11.8. The van der Waals surface area contributed by atoms with Gasteiger partial charge in [0.25, 0.3) is 0 Å². The van der Waals surface area contributed by atoms with Crippen LogP contribution in [0.3, 0.4) is 0 Å². The molecule has 32 heavy (non-hydrogen) atoms. The molecule has 1 heterocycles. The van der Waals surface area contributed by atoms with E-state index < -0.39 is 0 Å². The molecule has 0 radical (unpaired) electrons. The summed E-state index contributed by atoms with van der Waals surface area (Å²) in [6, 6.07) is 19.9. The lowest BCUT2D eigenvalue weighted by Crippen LogP contribution is -2.31. The van der Waals surface area contributed by atoms with Crippen LogP contribution in [0.5, 0.6) is 0 Å². The minimum atomic E-state index is 0.508. The largest absolute Gasteiger partial charge is 0.378 e. The van der Waals surface area contributed by atoms with Gasteiger partial charge in [0.15, 0.2) is 0 Å². The Morgan fingerprint density at radius 1 is 0.875 bits per heavy atom. The number of fused-ring (bicyclic) bond motifs is 1. The van der Waals surface area contributed by atoms with Crippen molar-refractivity contribution in [2.24, 2.45) is 5.92 Å². The van der Waals surface area contributed by atoms with Crippen LogP contribution < -0.4 is 20.4 Å². The van der Waals surface area contributed by atoms with Crippen molar-refractivity contribution in [3.05, 3.63) is 60.2 Å². The van der Waals surface area contributed by atoms with E-state index in [0.29, 0.717) is 6.04 Å². The number of benzene rings is 2. The summed E-state index contributed by atoms with van der Waals surface area (Å²) in [6.07, 6.45) is 4.93. The van der Waals surface area contributed by atoms with Crippen LogP contribution in [0.25, 0.3) is 10.9 Å². The fourth-order valence-corrected chi connectivity index (χ4v) is 4.65. The maximum absolute atomic E-state index is 4.88. The van der Waals surface area contributed by atoms with Crippen molar-refractivity contribution < 1.29 is 0 Å². The number of nitrogens with zero attached hydrogens (tertiary/aromatic N) is 3. The lowest BCUT2D eigenvalue weighted by molar-refractivity contribution is 0.324. The van der Waals surface area contributed by atoms with Crippen LogP contribution in [-0.4, -0.2) is 45.8 Å². The van der Waals surface area contributed by atoms with Crippen molar-refractivity contribution in [1.29, 1.82) is 0 Å². The number of nitrogens with one attached hydrogen (secondary N) is 2. The number of rotatable bonds is 8. The Morgan fingerprint density at radius 2 is 1.59 bits per heavy atom. The summed E-state index contributed by atoms with van der Waals surface area (Å²) >= 11 is 0. The fourth-order valence-electron chi connectivity index (χ4n) is 4.65. The lowest BCUT2D eigenvalue weighted by atomic mass is 9.86. The Morgan fingerprint density at radius 3 is 2.28 bits per heavy atom. The minimum Gasteiger partial charge on any atom is -0.378 e. The Labute approximate surface area is 192 Å². The average Bonchev–Trinajstić information content (AvgIpc) is 2.80. The van der Waals surface area contributed by atoms with Crippen LogP contribution in [0.4, 0.5) is 17.2 Å². The van der Waals surface area contributed by atoms with Gasteiger partial charge in [-0.15, -0.1) is 0 Å². The molecule has 1 fully saturated rings. The molecule has 0 saturated heterocycles. The number of anilines is 3. The van der Waals surface area contributed by atoms with Crippen LogP contribution in [0, 0.1) is 5.92 Å². The zero-order chi connectivity index (χ0) is 22.5. The van der Waals surface area contributed by atoms with Gasteiger partial charge in [-0.05, 0) is 61.9 Å². The monoisotopic (exact) mass is 431 g/mol. The van der Waals surface area contributed by atoms with Crippen molar-refractivity contribution in [2.45, 2.75) is 38.3 Å². The number of hydrogen-bond donors (Lipinski definition) is 2. The highest BCUT2D eigenvalue weighted by Gasteiger charge is 2.21. The molecule has 2 N–H and O–H groups in total. The Balaban J connectivity index is 1.26. The van der Waals surface area contributed by atoms with Crippen LogP contribution in [0.15, 0.2) is 54.6 Å². The van der Waals surface area contributed by atoms with E-state index >= 15 is 0 Å². The zero-order valence-electron chi connectivity index (χ0n) is 19.9. The molecule has 4 rings (SSSR count). The number of hydrogen-bond acceptors (Lipinski definition) is 5. The normalized spacial score (nSPS) is 18.5. The molecule has 170 valence electrons. The van der Waals surface area contributed by atoms with E-state index in [-0.39, 0.29) is 0 Å². The van der Waals surface area contributed by atoms with E-state index in [1.807, 2.05) is 0 Å². The molecule has 0 amide bonds. The molecule has 0 spiro atoms. The topological polar surface area (TPSA) is 43.4 Å². The maximum Gasteiger partial charge on any atom is 0.128 e. The van der Waals surface area contributed by atoms with E-state index in [9.17, 15) is 0 Å². The highest BCUT2D eigenvalue weighted by atomic mass is 15.1. The number of para-hydroxylation sites is 1. The van der Waals surface area contributed by atoms with Crippen molar-refractivity contribution in [3.63, 3.8) is 0 Å². The number of aromatic nitrogens is 1. The Hall–Kier alpha value is -2.79. The predicted molar refractivity (Wildman–Crippen MR) is 138 cm³/mol. The molecule has 2 aromatic carbocycles. The van der Waals surface area contributed by atoms with E-state index in [1.54, 1.807) is 0 Å². The van der Waals surface area contributed by atoms with Gasteiger partial charge >= 0.3 is 0 Å². The molecular formula is C27H37N5. The molecule has 0 unspecified atom stereocenters. The molecule has 5 nitrogen and oxygen atoms in total. The van der Waals surface area contributed by atoms with E-state index in [4.69, 9.17) is 4.98 Å². The first-order valence-corrected chi connectivity index (χ1v) is 11.8. The summed E-state index contributed by atoms with van der Waals surface area (Å²) in [5.41, 5.74) is 4.87. The second kappa shape index (κ2) is 10.2. The maximum atomic E-state index is 4.88. The molecule has 5 heteroatoms. The highest BCUT2D eigenvalue weighted by molar-refractivity contribution is 5.93. The van der Waals surface area contributed by atoms with Gasteiger partial charge in [0.2, 0.25) is 0 Å². The molecule has 0 atom stereocenters. The Bertz CT molecular complexity index is 1000. The molecule has 1 aliphatic carbocycles. The van der Waals surface area contributed by atoms with Gasteiger partial charge in [-0.2, -0.15) is 0 Å². The van der Waals surface area contributed by atoms with Crippen LogP contribution >= 0.6 is 0 Å². The third-order valence-corrected chi connectivity index (χ3v) is 6.59. The molecule has 1 aliphatic rings. The Kier molecular flexibility index (Phi) is 7.15. The third-order valence-electron chi connectivity index (χ3n) is 6.59. The average molecular weight is 432 g/mol. The van der Waals surface area contributed by atoms with Crippen molar-refractivity contribution in [1.82, 2.24) is 10.3 Å². The van der Waals surface area contributed by atoms with Crippen LogP contribution in [-0.2, 0) is 6.54 Å². The van der Waals surface area contributed by atoms with Crippen LogP contribution in [0.2, 0.25) is 0 Å². The SMILES string of the molecule is CN(C)c1ccc(CNC[C@H]2CC[C@@H](Nc3cc(N(C)C)c4ccccc4n3)CC2)cc1. The first-order chi connectivity index (χ1) is 15.5. The van der Waals surface area contributed by atoms with E-state index in [1.165, 1.54) is 48.0 Å². The lowest BCUT2D eigenvalue weighted by Gasteiger charge is -2.30. The second-order valence-corrected chi connectivity index (χ2v) is 9.49. The number of pyridine rings is 1. The van der Waals surface area contributed by atoms with Crippen molar-refractivity contribution >= 4 is 28.1 Å². The summed E-state index contributed by atoms with van der Waals surface area (Å²) in [5.74, 6) is 1.76. The smallest absolute Gasteiger partial charge is 0.128 e. The van der Waals surface area contributed by atoms with Gasteiger partial charge in [-0.25, -0.2) is 4.98 Å². The molecule has 0 aliphatic heterocycles. The summed E-state index contributed by atoms with van der Waals surface area (Å²) < 4.78 is 0. The quantitative estimate of drug-likeness (QED) is 0.518. The standard InChI is InChI=1S/C27H37N5/c1-31(2)23-15-11-21(12-16-23)19-28-18-20-9-13-22(14-10-20)29-27-17-26(32(3)4)24-7-5-6-8-25(24)30-27/h5-8,11-12,15-17,20,22,28H,9-10,13-14,18-19H2,1-4H3,(H,29,30)/t20-,22+. The van der Waals surface area contributed by atoms with Gasteiger partial charge in [0.1, 0.15) is 5.82 Å². The van der Waals surface area contributed by atoms with Gasteiger partial charge in [-0.3, -0.25) is 0 Å². The van der Waals surface area contributed by atoms with Gasteiger partial charge < -0.3 is 20.4 Å². The third kappa shape index (κ3) is 5.52. The van der Waals surface area contributed by atoms with E-state index in [2.05, 4.69) is 103 Å². The van der Waals surface area contributed by atoms with Gasteiger partial charge in [0.05, 0.1) is 5.52 Å². The molecule has 0 bridgehead atoms. The van der Waals surface area contributed by atoms with E-state index in [0.717, 1.165) is 30.3 Å². The summed E-state index contributed by atoms with van der Waals surface area (Å²) in [5, 5.41) is 8.60. The minimum absolute atomic E-state index is 0.508. The summed E-state index contributed by atoms with van der Waals surface area (Å²) in [4.78, 5) is 9.19. The van der Waals surface area contributed by atoms with Crippen LogP contribution in [0.1, 0.15) is 31.2 Å². The molecule has 1 saturated carbocycles. The van der Waals surface area contributed by atoms with Gasteiger partial charge in [-0.1, -0.05) is 30.3 Å². The molecule has 3 aromatic rings. The first kappa shape index (κ1) is 22.4. The second-order valence-electron chi connectivity index (χ2n) is 9.49. The van der Waals surface area contributed by atoms with Crippen molar-refractivity contribution in [3.8, 4) is 0 Å². The summed E-state index contributed by atoms with van der Waals surface area (Å²) in [7, 11) is 8.35. The predicted octanol–water partition coefficient (Wildman–Crippen LogP) is 5.13. The fraction of sp³-hybridized carbons (Fsp3) is 0.444.